The molecule has 0 saturated heterocycles. The molecule has 1 saturated carbocycles. The summed E-state index contributed by atoms with van der Waals surface area (Å²) in [6.07, 6.45) is 4.15. The van der Waals surface area contributed by atoms with E-state index in [0.717, 1.165) is 44.3 Å². The van der Waals surface area contributed by atoms with Gasteiger partial charge in [0.2, 0.25) is 0 Å². The highest BCUT2D eigenvalue weighted by molar-refractivity contribution is 5.59. The van der Waals surface area contributed by atoms with Crippen molar-refractivity contribution >= 4 is 5.69 Å². The maximum atomic E-state index is 6.24. The average Bonchev–Trinajstić information content (AvgIpc) is 3.01. The molecule has 1 fully saturated rings. The zero-order chi connectivity index (χ0) is 15.6. The lowest BCUT2D eigenvalue weighted by molar-refractivity contribution is 0.229. The molecule has 0 spiro atoms. The number of aromatic nitrogens is 2. The van der Waals surface area contributed by atoms with Crippen molar-refractivity contribution in [3.05, 3.63) is 30.1 Å². The summed E-state index contributed by atoms with van der Waals surface area (Å²) in [6, 6.07) is 8.30. The van der Waals surface area contributed by atoms with Crippen molar-refractivity contribution in [1.29, 1.82) is 0 Å². The van der Waals surface area contributed by atoms with Gasteiger partial charge in [0, 0.05) is 24.3 Å². The quantitative estimate of drug-likeness (QED) is 0.886. The molecular formula is C17H24N4O. The molecule has 0 amide bonds. The molecule has 0 radical (unpaired) electrons. The zero-order valence-electron chi connectivity index (χ0n) is 13.4. The van der Waals surface area contributed by atoms with Crippen LogP contribution in [-0.4, -0.2) is 23.2 Å². The Labute approximate surface area is 131 Å². The van der Waals surface area contributed by atoms with Crippen LogP contribution in [0.5, 0.6) is 0 Å². The Morgan fingerprint density at radius 3 is 2.50 bits per heavy atom. The second-order valence-corrected chi connectivity index (χ2v) is 6.06. The number of rotatable bonds is 6. The van der Waals surface area contributed by atoms with E-state index in [-0.39, 0.29) is 5.54 Å². The average molecular weight is 300 g/mol. The van der Waals surface area contributed by atoms with Gasteiger partial charge in [-0.3, -0.25) is 0 Å². The molecule has 1 heterocycles. The van der Waals surface area contributed by atoms with Gasteiger partial charge >= 0.3 is 0 Å². The number of nitrogens with zero attached hydrogens (tertiary/aromatic N) is 3. The van der Waals surface area contributed by atoms with E-state index in [2.05, 4.69) is 41.0 Å². The van der Waals surface area contributed by atoms with Gasteiger partial charge in [0.25, 0.3) is 5.89 Å². The van der Waals surface area contributed by atoms with Crippen LogP contribution >= 0.6 is 0 Å². The number of benzene rings is 1. The fourth-order valence-electron chi connectivity index (χ4n) is 2.88. The maximum absolute atomic E-state index is 6.24. The van der Waals surface area contributed by atoms with Crippen molar-refractivity contribution in [2.24, 2.45) is 5.73 Å². The van der Waals surface area contributed by atoms with Crippen LogP contribution in [0.15, 0.2) is 28.8 Å². The number of nitrogens with two attached hydrogens (primary N) is 1. The third kappa shape index (κ3) is 2.73. The van der Waals surface area contributed by atoms with E-state index < -0.39 is 0 Å². The van der Waals surface area contributed by atoms with Gasteiger partial charge in [-0.25, -0.2) is 0 Å². The molecule has 1 aromatic heterocycles. The summed E-state index contributed by atoms with van der Waals surface area (Å²) in [5.74, 6) is 1.19. The summed E-state index contributed by atoms with van der Waals surface area (Å²) < 4.78 is 5.39. The van der Waals surface area contributed by atoms with E-state index in [0.29, 0.717) is 11.7 Å². The van der Waals surface area contributed by atoms with Crippen molar-refractivity contribution in [3.63, 3.8) is 0 Å². The molecule has 2 aromatic rings. The number of anilines is 1. The Morgan fingerprint density at radius 2 is 1.95 bits per heavy atom. The van der Waals surface area contributed by atoms with Crippen LogP contribution in [0.4, 0.5) is 5.69 Å². The molecule has 5 nitrogen and oxygen atoms in total. The van der Waals surface area contributed by atoms with Crippen molar-refractivity contribution < 1.29 is 4.52 Å². The van der Waals surface area contributed by atoms with Gasteiger partial charge < -0.3 is 15.2 Å². The van der Waals surface area contributed by atoms with Gasteiger partial charge in [0.1, 0.15) is 0 Å². The summed E-state index contributed by atoms with van der Waals surface area (Å²) in [5.41, 5.74) is 8.03. The summed E-state index contributed by atoms with van der Waals surface area (Å²) in [4.78, 5) is 6.84. The van der Waals surface area contributed by atoms with Crippen molar-refractivity contribution in [2.75, 3.05) is 18.0 Å². The van der Waals surface area contributed by atoms with E-state index in [1.807, 2.05) is 12.1 Å². The van der Waals surface area contributed by atoms with E-state index in [1.165, 1.54) is 5.69 Å². The molecule has 5 heteroatoms. The number of hydrogen-bond donors (Lipinski definition) is 1. The third-order valence-electron chi connectivity index (χ3n) is 4.47. The minimum absolute atomic E-state index is 0.373. The van der Waals surface area contributed by atoms with Gasteiger partial charge in [0.05, 0.1) is 5.54 Å². The Morgan fingerprint density at radius 1 is 1.23 bits per heavy atom. The molecule has 1 aliphatic carbocycles. The van der Waals surface area contributed by atoms with Crippen LogP contribution in [0.3, 0.4) is 0 Å². The van der Waals surface area contributed by atoms with Gasteiger partial charge in [-0.05, 0) is 56.9 Å². The van der Waals surface area contributed by atoms with Gasteiger partial charge in [-0.15, -0.1) is 0 Å². The predicted molar refractivity (Wildman–Crippen MR) is 87.6 cm³/mol. The van der Waals surface area contributed by atoms with Crippen molar-refractivity contribution in [2.45, 2.75) is 45.1 Å². The molecule has 1 aromatic carbocycles. The minimum atomic E-state index is -0.373. The Kier molecular flexibility index (Phi) is 4.16. The van der Waals surface area contributed by atoms with E-state index in [1.54, 1.807) is 0 Å². The van der Waals surface area contributed by atoms with E-state index in [9.17, 15) is 0 Å². The first-order valence-electron chi connectivity index (χ1n) is 8.14. The van der Waals surface area contributed by atoms with Crippen LogP contribution in [0.25, 0.3) is 11.5 Å². The smallest absolute Gasteiger partial charge is 0.257 e. The molecule has 118 valence electrons. The van der Waals surface area contributed by atoms with Crippen LogP contribution in [-0.2, 0) is 5.54 Å². The summed E-state index contributed by atoms with van der Waals surface area (Å²) in [6.45, 7) is 6.44. The Hall–Kier alpha value is -1.88. The summed E-state index contributed by atoms with van der Waals surface area (Å²) in [5, 5.41) is 4.07. The van der Waals surface area contributed by atoms with Gasteiger partial charge in [-0.1, -0.05) is 12.1 Å². The zero-order valence-corrected chi connectivity index (χ0v) is 13.4. The highest BCUT2D eigenvalue weighted by Gasteiger charge is 2.39. The molecule has 0 unspecified atom stereocenters. The number of hydrogen-bond acceptors (Lipinski definition) is 5. The van der Waals surface area contributed by atoms with Crippen LogP contribution in [0, 0.1) is 0 Å². The molecule has 0 atom stereocenters. The standard InChI is InChI=1S/C17H24N4O/c1-3-12-21(4-2)14-8-6-13(7-9-14)15-19-16(20-22-15)17(18)10-5-11-17/h6-9H,3-5,10-12,18H2,1-2H3. The van der Waals surface area contributed by atoms with Gasteiger partial charge in [-0.2, -0.15) is 4.98 Å². The Balaban J connectivity index is 1.78. The first-order chi connectivity index (χ1) is 10.7. The second kappa shape index (κ2) is 6.08. The second-order valence-electron chi connectivity index (χ2n) is 6.06. The molecule has 0 bridgehead atoms. The first-order valence-corrected chi connectivity index (χ1v) is 8.14. The lowest BCUT2D eigenvalue weighted by atomic mass is 9.77. The fourth-order valence-corrected chi connectivity index (χ4v) is 2.88. The van der Waals surface area contributed by atoms with E-state index in [4.69, 9.17) is 10.3 Å². The van der Waals surface area contributed by atoms with Crippen LogP contribution in [0.2, 0.25) is 0 Å². The predicted octanol–water partition coefficient (Wildman–Crippen LogP) is 3.31. The van der Waals surface area contributed by atoms with E-state index >= 15 is 0 Å². The fraction of sp³-hybridized carbons (Fsp3) is 0.529. The Bertz CT molecular complexity index is 616. The molecule has 3 rings (SSSR count). The topological polar surface area (TPSA) is 68.2 Å². The first kappa shape index (κ1) is 15.0. The molecule has 0 aliphatic heterocycles. The third-order valence-corrected chi connectivity index (χ3v) is 4.47. The summed E-state index contributed by atoms with van der Waals surface area (Å²) in [7, 11) is 0. The van der Waals surface area contributed by atoms with Crippen molar-refractivity contribution in [1.82, 2.24) is 10.1 Å². The molecular weight excluding hydrogens is 276 g/mol. The van der Waals surface area contributed by atoms with Crippen LogP contribution < -0.4 is 10.6 Å². The SMILES string of the molecule is CCCN(CC)c1ccc(-c2nc(C3(N)CCC3)no2)cc1. The van der Waals surface area contributed by atoms with Crippen LogP contribution in [0.1, 0.15) is 45.4 Å². The molecule has 1 aliphatic rings. The van der Waals surface area contributed by atoms with Crippen molar-refractivity contribution in [3.8, 4) is 11.5 Å². The highest BCUT2D eigenvalue weighted by atomic mass is 16.5. The summed E-state index contributed by atoms with van der Waals surface area (Å²) >= 11 is 0. The molecule has 2 N–H and O–H groups in total. The van der Waals surface area contributed by atoms with Gasteiger partial charge in [0.15, 0.2) is 5.82 Å². The lowest BCUT2D eigenvalue weighted by Gasteiger charge is -2.34. The molecule has 22 heavy (non-hydrogen) atoms. The highest BCUT2D eigenvalue weighted by Crippen LogP contribution is 2.37. The minimum Gasteiger partial charge on any atom is -0.372 e. The lowest BCUT2D eigenvalue weighted by Crippen LogP contribution is -2.44. The normalized spacial score (nSPS) is 16.3. The largest absolute Gasteiger partial charge is 0.372 e. The maximum Gasteiger partial charge on any atom is 0.257 e. The monoisotopic (exact) mass is 300 g/mol.